The molecule has 0 aliphatic carbocycles. The molecule has 1 aromatic heterocycles. The molecule has 0 fully saturated rings. The molecule has 0 atom stereocenters. The minimum absolute atomic E-state index is 0.0512. The van der Waals surface area contributed by atoms with Crippen molar-refractivity contribution in [3.63, 3.8) is 0 Å². The molecule has 1 heterocycles. The molecule has 0 amide bonds. The molecule has 0 N–H and O–H groups in total. The van der Waals surface area contributed by atoms with E-state index in [2.05, 4.69) is 5.10 Å². The zero-order valence-electron chi connectivity index (χ0n) is 10.8. The van der Waals surface area contributed by atoms with Gasteiger partial charge >= 0.3 is 0 Å². The molecule has 2 aromatic rings. The lowest BCUT2D eigenvalue weighted by molar-refractivity contribution is 0.103. The Morgan fingerprint density at radius 2 is 2.06 bits per heavy atom. The van der Waals surface area contributed by atoms with Gasteiger partial charge in [0.15, 0.2) is 5.78 Å². The first kappa shape index (κ1) is 12.4. The molecule has 4 nitrogen and oxygen atoms in total. The summed E-state index contributed by atoms with van der Waals surface area (Å²) in [6, 6.07) is 7.28. The van der Waals surface area contributed by atoms with Crippen molar-refractivity contribution in [2.75, 3.05) is 6.61 Å². The molecule has 2 rings (SSSR count). The third kappa shape index (κ3) is 2.14. The lowest BCUT2D eigenvalue weighted by atomic mass is 10.0. The fraction of sp³-hybridized carbons (Fsp3) is 0.286. The van der Waals surface area contributed by atoms with Crippen molar-refractivity contribution in [1.82, 2.24) is 9.78 Å². The van der Waals surface area contributed by atoms with Crippen molar-refractivity contribution in [3.8, 4) is 5.75 Å². The van der Waals surface area contributed by atoms with Crippen LogP contribution >= 0.6 is 0 Å². The Hall–Kier alpha value is -2.10. The van der Waals surface area contributed by atoms with Crippen LogP contribution in [0.25, 0.3) is 0 Å². The highest BCUT2D eigenvalue weighted by Crippen LogP contribution is 2.22. The number of benzene rings is 1. The molecule has 1 aromatic carbocycles. The number of hydrogen-bond donors (Lipinski definition) is 0. The number of ketones is 1. The first-order valence-electron chi connectivity index (χ1n) is 5.90. The standard InChI is InChI=1S/C14H16N2O2/c1-4-18-13-8-6-5-7-11(13)14(17)12-9-15-16(3)10(12)2/h5-9H,4H2,1-3H3. The SMILES string of the molecule is CCOc1ccccc1C(=O)c1cnn(C)c1C. The molecular formula is C14H16N2O2. The van der Waals surface area contributed by atoms with Crippen molar-refractivity contribution in [2.24, 2.45) is 7.05 Å². The second kappa shape index (κ2) is 5.04. The summed E-state index contributed by atoms with van der Waals surface area (Å²) in [4.78, 5) is 12.4. The van der Waals surface area contributed by atoms with Gasteiger partial charge in [0, 0.05) is 12.7 Å². The van der Waals surface area contributed by atoms with E-state index in [1.54, 1.807) is 16.9 Å². The zero-order chi connectivity index (χ0) is 13.1. The number of aromatic nitrogens is 2. The van der Waals surface area contributed by atoms with E-state index in [1.165, 1.54) is 0 Å². The summed E-state index contributed by atoms with van der Waals surface area (Å²) in [5.74, 6) is 0.568. The van der Waals surface area contributed by atoms with Crippen LogP contribution in [0.2, 0.25) is 0 Å². The third-order valence-corrected chi connectivity index (χ3v) is 2.91. The van der Waals surface area contributed by atoms with E-state index in [0.29, 0.717) is 23.5 Å². The minimum Gasteiger partial charge on any atom is -0.493 e. The van der Waals surface area contributed by atoms with Crippen molar-refractivity contribution < 1.29 is 9.53 Å². The molecular weight excluding hydrogens is 228 g/mol. The second-order valence-electron chi connectivity index (χ2n) is 4.03. The summed E-state index contributed by atoms with van der Waals surface area (Å²) in [5, 5.41) is 4.09. The number of para-hydroxylation sites is 1. The Labute approximate surface area is 106 Å². The molecule has 0 aliphatic heterocycles. The minimum atomic E-state index is -0.0512. The Morgan fingerprint density at radius 1 is 1.33 bits per heavy atom. The van der Waals surface area contributed by atoms with Gasteiger partial charge in [0.25, 0.3) is 0 Å². The molecule has 0 aliphatic rings. The molecule has 0 unspecified atom stereocenters. The number of nitrogens with zero attached hydrogens (tertiary/aromatic N) is 2. The quantitative estimate of drug-likeness (QED) is 0.775. The highest BCUT2D eigenvalue weighted by Gasteiger charge is 2.18. The molecule has 94 valence electrons. The monoisotopic (exact) mass is 244 g/mol. The van der Waals surface area contributed by atoms with Crippen LogP contribution in [0.4, 0.5) is 0 Å². The molecule has 0 spiro atoms. The smallest absolute Gasteiger partial charge is 0.200 e. The Bertz CT molecular complexity index is 573. The maximum Gasteiger partial charge on any atom is 0.200 e. The second-order valence-corrected chi connectivity index (χ2v) is 4.03. The summed E-state index contributed by atoms with van der Waals surface area (Å²) in [5.41, 5.74) is 2.05. The average molecular weight is 244 g/mol. The number of carbonyl (C=O) groups is 1. The van der Waals surface area contributed by atoms with E-state index in [1.807, 2.05) is 39.1 Å². The van der Waals surface area contributed by atoms with E-state index in [4.69, 9.17) is 4.74 Å². The molecule has 0 saturated heterocycles. The van der Waals surface area contributed by atoms with Crippen LogP contribution in [0.15, 0.2) is 30.5 Å². The van der Waals surface area contributed by atoms with Gasteiger partial charge in [0.05, 0.1) is 23.9 Å². The van der Waals surface area contributed by atoms with E-state index in [9.17, 15) is 4.79 Å². The van der Waals surface area contributed by atoms with Crippen molar-refractivity contribution >= 4 is 5.78 Å². The number of carbonyl (C=O) groups excluding carboxylic acids is 1. The van der Waals surface area contributed by atoms with Crippen LogP contribution in [0.5, 0.6) is 5.75 Å². The lowest BCUT2D eigenvalue weighted by Gasteiger charge is -2.08. The first-order valence-corrected chi connectivity index (χ1v) is 5.90. The van der Waals surface area contributed by atoms with Gasteiger partial charge in [-0.3, -0.25) is 9.48 Å². The van der Waals surface area contributed by atoms with Gasteiger partial charge in [-0.25, -0.2) is 0 Å². The normalized spacial score (nSPS) is 10.4. The molecule has 4 heteroatoms. The highest BCUT2D eigenvalue weighted by molar-refractivity contribution is 6.11. The highest BCUT2D eigenvalue weighted by atomic mass is 16.5. The lowest BCUT2D eigenvalue weighted by Crippen LogP contribution is -2.06. The van der Waals surface area contributed by atoms with E-state index in [0.717, 1.165) is 5.69 Å². The van der Waals surface area contributed by atoms with Gasteiger partial charge < -0.3 is 4.74 Å². The predicted octanol–water partition coefficient (Wildman–Crippen LogP) is 2.36. The number of ether oxygens (including phenoxy) is 1. The van der Waals surface area contributed by atoms with Crippen LogP contribution in [-0.2, 0) is 7.05 Å². The molecule has 0 bridgehead atoms. The topological polar surface area (TPSA) is 44.1 Å². The maximum absolute atomic E-state index is 12.4. The Morgan fingerprint density at radius 3 is 2.67 bits per heavy atom. The fourth-order valence-corrected chi connectivity index (χ4v) is 1.80. The maximum atomic E-state index is 12.4. The van der Waals surface area contributed by atoms with Gasteiger partial charge in [-0.1, -0.05) is 12.1 Å². The van der Waals surface area contributed by atoms with Crippen molar-refractivity contribution in [3.05, 3.63) is 47.3 Å². The number of hydrogen-bond acceptors (Lipinski definition) is 3. The number of aryl methyl sites for hydroxylation is 1. The molecule has 18 heavy (non-hydrogen) atoms. The van der Waals surface area contributed by atoms with Gasteiger partial charge in [-0.15, -0.1) is 0 Å². The van der Waals surface area contributed by atoms with Crippen molar-refractivity contribution in [2.45, 2.75) is 13.8 Å². The van der Waals surface area contributed by atoms with E-state index in [-0.39, 0.29) is 5.78 Å². The van der Waals surface area contributed by atoms with Crippen molar-refractivity contribution in [1.29, 1.82) is 0 Å². The summed E-state index contributed by atoms with van der Waals surface area (Å²) >= 11 is 0. The molecule has 0 radical (unpaired) electrons. The Balaban J connectivity index is 2.43. The summed E-state index contributed by atoms with van der Waals surface area (Å²) < 4.78 is 7.17. The van der Waals surface area contributed by atoms with Gasteiger partial charge in [-0.2, -0.15) is 5.10 Å². The van der Waals surface area contributed by atoms with Crippen LogP contribution < -0.4 is 4.74 Å². The number of rotatable bonds is 4. The van der Waals surface area contributed by atoms with Gasteiger partial charge in [0.2, 0.25) is 0 Å². The first-order chi connectivity index (χ1) is 8.65. The van der Waals surface area contributed by atoms with Crippen LogP contribution in [0.1, 0.15) is 28.5 Å². The zero-order valence-corrected chi connectivity index (χ0v) is 10.8. The summed E-state index contributed by atoms with van der Waals surface area (Å²) in [6.45, 7) is 4.32. The van der Waals surface area contributed by atoms with Gasteiger partial charge in [0.1, 0.15) is 5.75 Å². The third-order valence-electron chi connectivity index (χ3n) is 2.91. The largest absolute Gasteiger partial charge is 0.493 e. The summed E-state index contributed by atoms with van der Waals surface area (Å²) in [6.07, 6.45) is 1.60. The summed E-state index contributed by atoms with van der Waals surface area (Å²) in [7, 11) is 1.82. The van der Waals surface area contributed by atoms with Gasteiger partial charge in [-0.05, 0) is 26.0 Å². The fourth-order valence-electron chi connectivity index (χ4n) is 1.80. The molecule has 0 saturated carbocycles. The predicted molar refractivity (Wildman–Crippen MR) is 69.0 cm³/mol. The van der Waals surface area contributed by atoms with E-state index < -0.39 is 0 Å². The Kier molecular flexibility index (Phi) is 3.46. The average Bonchev–Trinajstić information content (AvgIpc) is 2.70. The van der Waals surface area contributed by atoms with Crippen LogP contribution in [0.3, 0.4) is 0 Å². The van der Waals surface area contributed by atoms with Crippen LogP contribution in [0, 0.1) is 6.92 Å². The van der Waals surface area contributed by atoms with E-state index >= 15 is 0 Å². The van der Waals surface area contributed by atoms with Crippen LogP contribution in [-0.4, -0.2) is 22.2 Å².